The summed E-state index contributed by atoms with van der Waals surface area (Å²) in [5.41, 5.74) is 3.56. The quantitative estimate of drug-likeness (QED) is 0.295. The number of benzene rings is 2. The number of anilines is 2. The van der Waals surface area contributed by atoms with Gasteiger partial charge in [0.25, 0.3) is 0 Å². The maximum Gasteiger partial charge on any atom is 0.338 e. The van der Waals surface area contributed by atoms with Crippen molar-refractivity contribution in [3.05, 3.63) is 64.8 Å². The lowest BCUT2D eigenvalue weighted by Crippen LogP contribution is -2.06. The molecule has 2 heterocycles. The van der Waals surface area contributed by atoms with Crippen molar-refractivity contribution in [3.63, 3.8) is 0 Å². The minimum Gasteiger partial charge on any atom is -0.494 e. The Morgan fingerprint density at radius 2 is 1.73 bits per heavy atom. The average Bonchev–Trinajstić information content (AvgIpc) is 3.14. The molecule has 33 heavy (non-hydrogen) atoms. The number of hydrogen-bond acceptors (Lipinski definition) is 7. The Kier molecular flexibility index (Phi) is 6.89. The molecular formula is C26H27N3O3S. The van der Waals surface area contributed by atoms with Gasteiger partial charge in [0.05, 0.1) is 24.2 Å². The summed E-state index contributed by atoms with van der Waals surface area (Å²) >= 11 is 1.66. The van der Waals surface area contributed by atoms with Crippen molar-refractivity contribution < 1.29 is 14.3 Å². The summed E-state index contributed by atoms with van der Waals surface area (Å²) in [7, 11) is 0. The number of thiophene rings is 1. The zero-order valence-corrected chi connectivity index (χ0v) is 20.1. The van der Waals surface area contributed by atoms with Gasteiger partial charge in [-0.05, 0) is 69.2 Å². The van der Waals surface area contributed by atoms with Gasteiger partial charge in [0, 0.05) is 16.1 Å². The molecule has 0 fully saturated rings. The molecule has 0 aliphatic carbocycles. The van der Waals surface area contributed by atoms with E-state index in [0.29, 0.717) is 24.6 Å². The number of carbonyl (C=O) groups excluding carboxylic acids is 1. The first-order valence-corrected chi connectivity index (χ1v) is 11.9. The molecule has 1 N–H and O–H groups in total. The largest absolute Gasteiger partial charge is 0.494 e. The minimum atomic E-state index is -0.310. The Morgan fingerprint density at radius 1 is 1.00 bits per heavy atom. The van der Waals surface area contributed by atoms with E-state index < -0.39 is 0 Å². The Morgan fingerprint density at radius 3 is 2.39 bits per heavy atom. The third-order valence-corrected chi connectivity index (χ3v) is 6.11. The van der Waals surface area contributed by atoms with Crippen molar-refractivity contribution in [1.29, 1.82) is 0 Å². The van der Waals surface area contributed by atoms with Gasteiger partial charge in [0.1, 0.15) is 22.2 Å². The average molecular weight is 462 g/mol. The summed E-state index contributed by atoms with van der Waals surface area (Å²) in [4.78, 5) is 23.6. The van der Waals surface area contributed by atoms with E-state index in [1.165, 1.54) is 4.88 Å². The molecule has 170 valence electrons. The highest BCUT2D eigenvalue weighted by molar-refractivity contribution is 7.19. The molecule has 4 rings (SSSR count). The molecule has 4 aromatic rings. The third kappa shape index (κ3) is 4.98. The van der Waals surface area contributed by atoms with Crippen LogP contribution in [0.1, 0.15) is 41.3 Å². The number of rotatable bonds is 8. The van der Waals surface area contributed by atoms with E-state index in [1.807, 2.05) is 45.0 Å². The molecule has 0 unspecified atom stereocenters. The number of aromatic nitrogens is 2. The second-order valence-electron chi connectivity index (χ2n) is 7.63. The minimum absolute atomic E-state index is 0.310. The van der Waals surface area contributed by atoms with Crippen LogP contribution >= 0.6 is 11.3 Å². The topological polar surface area (TPSA) is 73.3 Å². The lowest BCUT2D eigenvalue weighted by molar-refractivity contribution is 0.0505. The highest BCUT2D eigenvalue weighted by Crippen LogP contribution is 2.41. The van der Waals surface area contributed by atoms with Crippen LogP contribution in [0.2, 0.25) is 0 Å². The maximum atomic E-state index is 12.1. The van der Waals surface area contributed by atoms with Crippen LogP contribution in [0, 0.1) is 13.8 Å². The Hall–Kier alpha value is -3.45. The zero-order valence-electron chi connectivity index (χ0n) is 19.3. The number of esters is 1. The zero-order chi connectivity index (χ0) is 23.4. The fourth-order valence-corrected chi connectivity index (χ4v) is 4.74. The van der Waals surface area contributed by atoms with E-state index in [4.69, 9.17) is 14.5 Å². The van der Waals surface area contributed by atoms with Crippen molar-refractivity contribution in [2.45, 2.75) is 34.1 Å². The number of ether oxygens (including phenoxy) is 2. The van der Waals surface area contributed by atoms with E-state index in [1.54, 1.807) is 23.5 Å². The van der Waals surface area contributed by atoms with E-state index in [-0.39, 0.29) is 5.97 Å². The van der Waals surface area contributed by atoms with Gasteiger partial charge < -0.3 is 14.8 Å². The maximum absolute atomic E-state index is 12.1. The molecule has 0 saturated heterocycles. The van der Waals surface area contributed by atoms with E-state index in [0.717, 1.165) is 45.0 Å². The molecule has 7 heteroatoms. The molecule has 2 aromatic carbocycles. The molecule has 0 saturated carbocycles. The summed E-state index contributed by atoms with van der Waals surface area (Å²) in [5.74, 6) is 1.98. The van der Waals surface area contributed by atoms with Crippen LogP contribution in [0.15, 0.2) is 48.5 Å². The van der Waals surface area contributed by atoms with Gasteiger partial charge >= 0.3 is 5.97 Å². The van der Waals surface area contributed by atoms with Crippen molar-refractivity contribution in [3.8, 4) is 16.9 Å². The predicted octanol–water partition coefficient (Wildman–Crippen LogP) is 6.68. The smallest absolute Gasteiger partial charge is 0.338 e. The molecule has 0 atom stereocenters. The van der Waals surface area contributed by atoms with E-state index in [2.05, 4.69) is 29.4 Å². The monoisotopic (exact) mass is 461 g/mol. The fourth-order valence-electron chi connectivity index (χ4n) is 3.65. The molecule has 0 aliphatic rings. The number of nitrogens with one attached hydrogen (secondary N) is 1. The Bertz CT molecular complexity index is 1260. The molecular weight excluding hydrogens is 434 g/mol. The van der Waals surface area contributed by atoms with Crippen molar-refractivity contribution >= 4 is 39.0 Å². The van der Waals surface area contributed by atoms with Gasteiger partial charge in [-0.1, -0.05) is 19.1 Å². The van der Waals surface area contributed by atoms with Crippen molar-refractivity contribution in [1.82, 2.24) is 9.97 Å². The van der Waals surface area contributed by atoms with Gasteiger partial charge in [0.2, 0.25) is 0 Å². The normalized spacial score (nSPS) is 10.9. The van der Waals surface area contributed by atoms with Crippen molar-refractivity contribution in [2.24, 2.45) is 0 Å². The highest BCUT2D eigenvalue weighted by atomic mass is 32.1. The summed E-state index contributed by atoms with van der Waals surface area (Å²) in [6.07, 6.45) is 0.797. The first kappa shape index (κ1) is 22.7. The molecule has 2 aromatic heterocycles. The molecule has 6 nitrogen and oxygen atoms in total. The van der Waals surface area contributed by atoms with Crippen LogP contribution in [-0.4, -0.2) is 29.2 Å². The van der Waals surface area contributed by atoms with Crippen molar-refractivity contribution in [2.75, 3.05) is 18.5 Å². The molecule has 0 amide bonds. The molecule has 0 aliphatic heterocycles. The number of fused-ring (bicyclic) bond motifs is 1. The Balaban J connectivity index is 1.70. The van der Waals surface area contributed by atoms with Crippen LogP contribution in [-0.2, 0) is 4.74 Å². The van der Waals surface area contributed by atoms with Crippen LogP contribution in [0.4, 0.5) is 11.5 Å². The number of aryl methyl sites for hydroxylation is 2. The summed E-state index contributed by atoms with van der Waals surface area (Å²) in [5, 5.41) is 4.42. The van der Waals surface area contributed by atoms with Crippen LogP contribution < -0.4 is 10.1 Å². The SMILES string of the molecule is CCCOC(=O)c1ccc(Nc2nc(C)nc3sc(C)c(-c4ccc(OCC)cc4)c23)cc1. The second kappa shape index (κ2) is 10.0. The molecule has 0 spiro atoms. The lowest BCUT2D eigenvalue weighted by atomic mass is 10.0. The summed E-state index contributed by atoms with van der Waals surface area (Å²) in [6.45, 7) is 9.00. The number of nitrogens with zero attached hydrogens (tertiary/aromatic N) is 2. The fraction of sp³-hybridized carbons (Fsp3) is 0.269. The highest BCUT2D eigenvalue weighted by Gasteiger charge is 2.18. The Labute approximate surface area is 197 Å². The molecule has 0 bridgehead atoms. The van der Waals surface area contributed by atoms with Crippen LogP contribution in [0.3, 0.4) is 0 Å². The van der Waals surface area contributed by atoms with Crippen LogP contribution in [0.25, 0.3) is 21.3 Å². The summed E-state index contributed by atoms with van der Waals surface area (Å²) < 4.78 is 10.8. The predicted molar refractivity (Wildman–Crippen MR) is 134 cm³/mol. The third-order valence-electron chi connectivity index (χ3n) is 5.11. The van der Waals surface area contributed by atoms with Gasteiger partial charge in [-0.2, -0.15) is 0 Å². The summed E-state index contributed by atoms with van der Waals surface area (Å²) in [6, 6.07) is 15.4. The first-order valence-electron chi connectivity index (χ1n) is 11.0. The second-order valence-corrected chi connectivity index (χ2v) is 8.83. The van der Waals surface area contributed by atoms with Gasteiger partial charge in [-0.15, -0.1) is 11.3 Å². The van der Waals surface area contributed by atoms with Crippen LogP contribution in [0.5, 0.6) is 5.75 Å². The lowest BCUT2D eigenvalue weighted by Gasteiger charge is -2.11. The van der Waals surface area contributed by atoms with E-state index >= 15 is 0 Å². The molecule has 0 radical (unpaired) electrons. The van der Waals surface area contributed by atoms with E-state index in [9.17, 15) is 4.79 Å². The first-order chi connectivity index (χ1) is 16.0. The van der Waals surface area contributed by atoms with Gasteiger partial charge in [-0.25, -0.2) is 14.8 Å². The standard InChI is InChI=1S/C26H27N3O3S/c1-5-15-32-26(30)19-7-11-20(12-8-19)29-24-23-22(16(3)33-25(23)28-17(4)27-24)18-9-13-21(14-10-18)31-6-2/h7-14H,5-6,15H2,1-4H3,(H,27,28,29). The number of hydrogen-bond donors (Lipinski definition) is 1. The van der Waals surface area contributed by atoms with Gasteiger partial charge in [-0.3, -0.25) is 0 Å². The number of carbonyl (C=O) groups is 1. The van der Waals surface area contributed by atoms with Gasteiger partial charge in [0.15, 0.2) is 0 Å².